The molecular formula is C13H17BrN2OS. The second kappa shape index (κ2) is 6.85. The molecule has 1 aromatic carbocycles. The molecule has 0 saturated carbocycles. The highest BCUT2D eigenvalue weighted by Crippen LogP contribution is 2.14. The zero-order chi connectivity index (χ0) is 13.7. The highest BCUT2D eigenvalue weighted by molar-refractivity contribution is 9.10. The van der Waals surface area contributed by atoms with Gasteiger partial charge in [0.2, 0.25) is 5.91 Å². The molecular weight excluding hydrogens is 312 g/mol. The number of carbonyl (C=O) groups is 1. The van der Waals surface area contributed by atoms with Gasteiger partial charge in [-0.25, -0.2) is 0 Å². The number of thiocarbonyl (C=S) groups is 1. The maximum Gasteiger partial charge on any atom is 0.232 e. The number of hydrogen-bond donors (Lipinski definition) is 1. The molecule has 0 aliphatic rings. The topological polar surface area (TPSA) is 46.3 Å². The molecule has 1 amide bonds. The van der Waals surface area contributed by atoms with Gasteiger partial charge in [0.15, 0.2) is 0 Å². The largest absolute Gasteiger partial charge is 0.393 e. The van der Waals surface area contributed by atoms with Crippen molar-refractivity contribution in [3.05, 3.63) is 34.3 Å². The second-order valence-electron chi connectivity index (χ2n) is 4.18. The van der Waals surface area contributed by atoms with Gasteiger partial charge in [-0.2, -0.15) is 0 Å². The number of nitrogens with zero attached hydrogens (tertiary/aromatic N) is 1. The molecule has 3 nitrogen and oxygen atoms in total. The minimum Gasteiger partial charge on any atom is -0.393 e. The van der Waals surface area contributed by atoms with Gasteiger partial charge in [0.1, 0.15) is 0 Å². The van der Waals surface area contributed by atoms with Crippen molar-refractivity contribution < 1.29 is 4.79 Å². The number of halogens is 1. The first-order chi connectivity index (χ1) is 8.45. The maximum atomic E-state index is 12.1. The fourth-order valence-electron chi connectivity index (χ4n) is 1.71. The molecule has 1 unspecified atom stereocenters. The van der Waals surface area contributed by atoms with E-state index in [9.17, 15) is 4.79 Å². The number of rotatable bonds is 5. The summed E-state index contributed by atoms with van der Waals surface area (Å²) in [5.74, 6) is -0.381. The quantitative estimate of drug-likeness (QED) is 0.845. The molecule has 0 heterocycles. The summed E-state index contributed by atoms with van der Waals surface area (Å²) in [6.45, 7) is 2.47. The van der Waals surface area contributed by atoms with Crippen LogP contribution in [0.5, 0.6) is 0 Å². The Balaban J connectivity index is 2.70. The summed E-state index contributed by atoms with van der Waals surface area (Å²) in [5.41, 5.74) is 6.65. The molecule has 0 radical (unpaired) electrons. The molecule has 1 atom stereocenters. The van der Waals surface area contributed by atoms with Crippen molar-refractivity contribution in [3.8, 4) is 0 Å². The lowest BCUT2D eigenvalue weighted by Crippen LogP contribution is -2.38. The van der Waals surface area contributed by atoms with Gasteiger partial charge < -0.3 is 10.6 Å². The summed E-state index contributed by atoms with van der Waals surface area (Å²) in [6.07, 6.45) is 0.638. The summed E-state index contributed by atoms with van der Waals surface area (Å²) in [7, 11) is 1.77. The van der Waals surface area contributed by atoms with Gasteiger partial charge in [-0.05, 0) is 24.1 Å². The average Bonchev–Trinajstić information content (AvgIpc) is 2.32. The van der Waals surface area contributed by atoms with E-state index >= 15 is 0 Å². The lowest BCUT2D eigenvalue weighted by atomic mass is 10.1. The van der Waals surface area contributed by atoms with Crippen LogP contribution in [0, 0.1) is 5.92 Å². The Morgan fingerprint density at radius 1 is 1.44 bits per heavy atom. The van der Waals surface area contributed by atoms with Crippen molar-refractivity contribution in [1.82, 2.24) is 4.90 Å². The Morgan fingerprint density at radius 3 is 2.44 bits per heavy atom. The summed E-state index contributed by atoms with van der Waals surface area (Å²) < 4.78 is 1.02. The summed E-state index contributed by atoms with van der Waals surface area (Å²) in [5, 5.41) is 0. The van der Waals surface area contributed by atoms with Crippen molar-refractivity contribution in [3.63, 3.8) is 0 Å². The molecule has 0 bridgehead atoms. The van der Waals surface area contributed by atoms with Crippen LogP contribution in [-0.4, -0.2) is 22.8 Å². The van der Waals surface area contributed by atoms with Gasteiger partial charge in [-0.15, -0.1) is 0 Å². The van der Waals surface area contributed by atoms with E-state index in [0.29, 0.717) is 13.0 Å². The van der Waals surface area contributed by atoms with E-state index in [1.165, 1.54) is 0 Å². The zero-order valence-corrected chi connectivity index (χ0v) is 12.9. The third-order valence-corrected chi connectivity index (χ3v) is 3.57. The molecule has 5 heteroatoms. The van der Waals surface area contributed by atoms with E-state index < -0.39 is 0 Å². The van der Waals surface area contributed by atoms with Crippen molar-refractivity contribution in [2.24, 2.45) is 11.7 Å². The highest BCUT2D eigenvalue weighted by atomic mass is 79.9. The van der Waals surface area contributed by atoms with Gasteiger partial charge >= 0.3 is 0 Å². The van der Waals surface area contributed by atoms with E-state index in [2.05, 4.69) is 15.9 Å². The normalized spacial score (nSPS) is 11.9. The molecule has 1 aromatic rings. The van der Waals surface area contributed by atoms with Crippen LogP contribution in [0.1, 0.15) is 18.9 Å². The number of carbonyl (C=O) groups excluding carboxylic acids is 1. The monoisotopic (exact) mass is 328 g/mol. The number of benzene rings is 1. The number of hydrogen-bond acceptors (Lipinski definition) is 2. The third kappa shape index (κ3) is 4.07. The third-order valence-electron chi connectivity index (χ3n) is 2.76. The van der Waals surface area contributed by atoms with Crippen LogP contribution in [0.25, 0.3) is 0 Å². The number of nitrogens with two attached hydrogens (primary N) is 1. The van der Waals surface area contributed by atoms with E-state index in [4.69, 9.17) is 18.0 Å². The minimum atomic E-state index is -0.361. The van der Waals surface area contributed by atoms with Crippen LogP contribution in [0.3, 0.4) is 0 Å². The average molecular weight is 329 g/mol. The Morgan fingerprint density at radius 2 is 2.00 bits per heavy atom. The van der Waals surface area contributed by atoms with Gasteiger partial charge in [-0.3, -0.25) is 4.79 Å². The first kappa shape index (κ1) is 15.1. The second-order valence-corrected chi connectivity index (χ2v) is 5.57. The molecule has 1 rings (SSSR count). The van der Waals surface area contributed by atoms with Crippen LogP contribution in [-0.2, 0) is 11.3 Å². The van der Waals surface area contributed by atoms with Gasteiger partial charge in [0, 0.05) is 18.1 Å². The Labute approximate surface area is 121 Å². The molecule has 0 spiro atoms. The fraction of sp³-hybridized carbons (Fsp3) is 0.385. The van der Waals surface area contributed by atoms with E-state index in [1.807, 2.05) is 31.2 Å². The molecule has 0 aliphatic heterocycles. The standard InChI is InChI=1S/C13H17BrN2OS/c1-3-11(12(15)18)13(17)16(2)8-9-4-6-10(14)7-5-9/h4-7,11H,3,8H2,1-2H3,(H2,15,18). The van der Waals surface area contributed by atoms with Gasteiger partial charge in [0.25, 0.3) is 0 Å². The van der Waals surface area contributed by atoms with Crippen molar-refractivity contribution in [2.75, 3.05) is 7.05 Å². The summed E-state index contributed by atoms with van der Waals surface area (Å²) in [4.78, 5) is 14.1. The smallest absolute Gasteiger partial charge is 0.232 e. The molecule has 98 valence electrons. The maximum absolute atomic E-state index is 12.1. The van der Waals surface area contributed by atoms with Gasteiger partial charge in [-0.1, -0.05) is 47.2 Å². The molecule has 0 aromatic heterocycles. The minimum absolute atomic E-state index is 0.0204. The van der Waals surface area contributed by atoms with Crippen molar-refractivity contribution >= 4 is 39.0 Å². The van der Waals surface area contributed by atoms with E-state index in [1.54, 1.807) is 11.9 Å². The molecule has 0 aliphatic carbocycles. The predicted molar refractivity (Wildman–Crippen MR) is 81.2 cm³/mol. The molecule has 0 fully saturated rings. The summed E-state index contributed by atoms with van der Waals surface area (Å²) >= 11 is 8.30. The van der Waals surface area contributed by atoms with Crippen molar-refractivity contribution in [2.45, 2.75) is 19.9 Å². The Bertz CT molecular complexity index is 433. The fourth-order valence-corrected chi connectivity index (χ4v) is 2.24. The Hall–Kier alpha value is -0.940. The van der Waals surface area contributed by atoms with Crippen LogP contribution in [0.15, 0.2) is 28.7 Å². The summed E-state index contributed by atoms with van der Waals surface area (Å²) in [6, 6.07) is 7.88. The van der Waals surface area contributed by atoms with Gasteiger partial charge in [0.05, 0.1) is 10.9 Å². The zero-order valence-electron chi connectivity index (χ0n) is 10.5. The van der Waals surface area contributed by atoms with Crippen LogP contribution >= 0.6 is 28.1 Å². The number of amides is 1. The van der Waals surface area contributed by atoms with Crippen LogP contribution in [0.4, 0.5) is 0 Å². The molecule has 2 N–H and O–H groups in total. The first-order valence-corrected chi connectivity index (χ1v) is 6.94. The van der Waals surface area contributed by atoms with E-state index in [0.717, 1.165) is 10.0 Å². The SMILES string of the molecule is CCC(C(=O)N(C)Cc1ccc(Br)cc1)C(N)=S. The lowest BCUT2D eigenvalue weighted by Gasteiger charge is -2.22. The molecule has 0 saturated heterocycles. The van der Waals surface area contributed by atoms with Crippen LogP contribution in [0.2, 0.25) is 0 Å². The Kier molecular flexibility index (Phi) is 5.75. The first-order valence-electron chi connectivity index (χ1n) is 5.74. The molecule has 18 heavy (non-hydrogen) atoms. The van der Waals surface area contributed by atoms with Crippen molar-refractivity contribution in [1.29, 1.82) is 0 Å². The lowest BCUT2D eigenvalue weighted by molar-refractivity contribution is -0.132. The highest BCUT2D eigenvalue weighted by Gasteiger charge is 2.22. The predicted octanol–water partition coefficient (Wildman–Crippen LogP) is 2.72. The van der Waals surface area contributed by atoms with E-state index in [-0.39, 0.29) is 16.8 Å². The van der Waals surface area contributed by atoms with Crippen LogP contribution < -0.4 is 5.73 Å².